The SMILES string of the molecule is CCCCc1ccc(C(NC(=O)CCSCC(=O)OC)C(C)C)cc1. The Labute approximate surface area is 156 Å². The standard InChI is InChI=1S/C20H31NO3S/c1-5-6-7-16-8-10-17(11-9-16)20(15(2)3)21-18(22)12-13-25-14-19(23)24-4/h8-11,15,20H,5-7,12-14H2,1-4H3,(H,21,22). The maximum atomic E-state index is 12.2. The molecule has 0 heterocycles. The van der Waals surface area contributed by atoms with Crippen LogP contribution >= 0.6 is 11.8 Å². The number of esters is 1. The van der Waals surface area contributed by atoms with E-state index in [9.17, 15) is 9.59 Å². The fraction of sp³-hybridized carbons (Fsp3) is 0.600. The lowest BCUT2D eigenvalue weighted by Gasteiger charge is -2.23. The van der Waals surface area contributed by atoms with E-state index < -0.39 is 0 Å². The van der Waals surface area contributed by atoms with Crippen molar-refractivity contribution >= 4 is 23.6 Å². The number of methoxy groups -OCH3 is 1. The second-order valence-corrected chi connectivity index (χ2v) is 7.62. The van der Waals surface area contributed by atoms with Crippen LogP contribution in [-0.4, -0.2) is 30.5 Å². The first-order valence-electron chi connectivity index (χ1n) is 9.00. The molecule has 1 aromatic carbocycles. The smallest absolute Gasteiger partial charge is 0.315 e. The first kappa shape index (κ1) is 21.6. The molecular formula is C20H31NO3S. The number of carbonyl (C=O) groups excluding carboxylic acids is 2. The Morgan fingerprint density at radius 3 is 2.44 bits per heavy atom. The summed E-state index contributed by atoms with van der Waals surface area (Å²) in [5.74, 6) is 0.978. The Morgan fingerprint density at radius 1 is 1.20 bits per heavy atom. The van der Waals surface area contributed by atoms with Crippen molar-refractivity contribution in [1.82, 2.24) is 5.32 Å². The number of benzene rings is 1. The molecule has 0 spiro atoms. The van der Waals surface area contributed by atoms with Crippen molar-refractivity contribution in [3.8, 4) is 0 Å². The van der Waals surface area contributed by atoms with Crippen molar-refractivity contribution in [1.29, 1.82) is 0 Å². The first-order valence-corrected chi connectivity index (χ1v) is 10.2. The van der Waals surface area contributed by atoms with E-state index in [0.717, 1.165) is 12.0 Å². The molecule has 0 aliphatic carbocycles. The van der Waals surface area contributed by atoms with Gasteiger partial charge in [-0.05, 0) is 29.9 Å². The van der Waals surface area contributed by atoms with Gasteiger partial charge < -0.3 is 10.1 Å². The molecular weight excluding hydrogens is 334 g/mol. The molecule has 0 aromatic heterocycles. The molecule has 1 aromatic rings. The maximum Gasteiger partial charge on any atom is 0.315 e. The minimum atomic E-state index is -0.256. The molecule has 0 saturated heterocycles. The number of thioether (sulfide) groups is 1. The lowest BCUT2D eigenvalue weighted by molar-refractivity contribution is -0.137. The highest BCUT2D eigenvalue weighted by molar-refractivity contribution is 7.99. The van der Waals surface area contributed by atoms with Crippen molar-refractivity contribution in [2.45, 2.75) is 52.5 Å². The summed E-state index contributed by atoms with van der Waals surface area (Å²) in [5.41, 5.74) is 2.49. The van der Waals surface area contributed by atoms with Crippen molar-refractivity contribution in [2.24, 2.45) is 5.92 Å². The highest BCUT2D eigenvalue weighted by Gasteiger charge is 2.18. The average Bonchev–Trinajstić information content (AvgIpc) is 2.61. The molecule has 1 N–H and O–H groups in total. The van der Waals surface area contributed by atoms with Gasteiger partial charge in [-0.15, -0.1) is 11.8 Å². The number of hydrogen-bond donors (Lipinski definition) is 1. The van der Waals surface area contributed by atoms with Crippen molar-refractivity contribution in [2.75, 3.05) is 18.6 Å². The van der Waals surface area contributed by atoms with Gasteiger partial charge in [0.15, 0.2) is 0 Å². The second kappa shape index (κ2) is 12.0. The van der Waals surface area contributed by atoms with Gasteiger partial charge in [-0.1, -0.05) is 51.5 Å². The third kappa shape index (κ3) is 8.43. The summed E-state index contributed by atoms with van der Waals surface area (Å²) in [5, 5.41) is 3.13. The third-order valence-electron chi connectivity index (χ3n) is 4.06. The number of amides is 1. The zero-order valence-corrected chi connectivity index (χ0v) is 16.7. The van der Waals surface area contributed by atoms with Crippen LogP contribution in [0.25, 0.3) is 0 Å². The van der Waals surface area contributed by atoms with Gasteiger partial charge in [0.1, 0.15) is 0 Å². The van der Waals surface area contributed by atoms with Gasteiger partial charge in [-0.3, -0.25) is 9.59 Å². The van der Waals surface area contributed by atoms with Crippen LogP contribution < -0.4 is 5.32 Å². The summed E-state index contributed by atoms with van der Waals surface area (Å²) in [6.07, 6.45) is 3.90. The predicted octanol–water partition coefficient (Wildman–Crippen LogP) is 4.14. The minimum Gasteiger partial charge on any atom is -0.468 e. The zero-order chi connectivity index (χ0) is 18.7. The van der Waals surface area contributed by atoms with Crippen LogP contribution in [0.4, 0.5) is 0 Å². The Hall–Kier alpha value is -1.49. The minimum absolute atomic E-state index is 0.0123. The Kier molecular flexibility index (Phi) is 10.3. The van der Waals surface area contributed by atoms with Crippen LogP contribution in [0, 0.1) is 5.92 Å². The van der Waals surface area contributed by atoms with Crippen LogP contribution in [0.3, 0.4) is 0 Å². The molecule has 5 heteroatoms. The molecule has 0 saturated carbocycles. The van der Waals surface area contributed by atoms with E-state index in [4.69, 9.17) is 0 Å². The molecule has 25 heavy (non-hydrogen) atoms. The largest absolute Gasteiger partial charge is 0.468 e. The van der Waals surface area contributed by atoms with Gasteiger partial charge >= 0.3 is 5.97 Å². The number of nitrogens with one attached hydrogen (secondary N) is 1. The summed E-state index contributed by atoms with van der Waals surface area (Å²) in [6, 6.07) is 8.60. The van der Waals surface area contributed by atoms with E-state index in [1.807, 2.05) is 0 Å². The summed E-state index contributed by atoms with van der Waals surface area (Å²) in [4.78, 5) is 23.3. The van der Waals surface area contributed by atoms with Gasteiger partial charge in [0.2, 0.25) is 5.91 Å². The van der Waals surface area contributed by atoms with Crippen LogP contribution in [0.5, 0.6) is 0 Å². The van der Waals surface area contributed by atoms with E-state index >= 15 is 0 Å². The molecule has 0 fully saturated rings. The summed E-state index contributed by atoms with van der Waals surface area (Å²) in [6.45, 7) is 6.42. The third-order valence-corrected chi connectivity index (χ3v) is 4.99. The summed E-state index contributed by atoms with van der Waals surface area (Å²) >= 11 is 1.42. The molecule has 140 valence electrons. The summed E-state index contributed by atoms with van der Waals surface area (Å²) < 4.78 is 4.58. The van der Waals surface area contributed by atoms with Gasteiger partial charge in [0.25, 0.3) is 0 Å². The molecule has 0 radical (unpaired) electrons. The zero-order valence-electron chi connectivity index (χ0n) is 15.8. The molecule has 4 nitrogen and oxygen atoms in total. The fourth-order valence-corrected chi connectivity index (χ4v) is 3.29. The molecule has 1 unspecified atom stereocenters. The number of hydrogen-bond acceptors (Lipinski definition) is 4. The average molecular weight is 366 g/mol. The van der Waals surface area contributed by atoms with E-state index in [1.54, 1.807) is 0 Å². The highest BCUT2D eigenvalue weighted by atomic mass is 32.2. The molecule has 1 atom stereocenters. The van der Waals surface area contributed by atoms with Crippen molar-refractivity contribution < 1.29 is 14.3 Å². The monoisotopic (exact) mass is 365 g/mol. The van der Waals surface area contributed by atoms with Crippen LogP contribution in [-0.2, 0) is 20.7 Å². The fourth-order valence-electron chi connectivity index (χ4n) is 2.53. The van der Waals surface area contributed by atoms with Gasteiger partial charge in [-0.2, -0.15) is 0 Å². The Morgan fingerprint density at radius 2 is 1.88 bits per heavy atom. The van der Waals surface area contributed by atoms with Crippen molar-refractivity contribution in [3.05, 3.63) is 35.4 Å². The number of aryl methyl sites for hydroxylation is 1. The normalized spacial score (nSPS) is 12.0. The van der Waals surface area contributed by atoms with Crippen LogP contribution in [0.1, 0.15) is 57.2 Å². The van der Waals surface area contributed by atoms with E-state index in [0.29, 0.717) is 18.1 Å². The lowest BCUT2D eigenvalue weighted by Crippen LogP contribution is -2.32. The van der Waals surface area contributed by atoms with E-state index in [1.165, 1.54) is 37.3 Å². The quantitative estimate of drug-likeness (QED) is 0.473. The van der Waals surface area contributed by atoms with Crippen LogP contribution in [0.2, 0.25) is 0 Å². The maximum absolute atomic E-state index is 12.2. The first-order chi connectivity index (χ1) is 12.0. The number of unbranched alkanes of at least 4 members (excludes halogenated alkanes) is 1. The van der Waals surface area contributed by atoms with Crippen molar-refractivity contribution in [3.63, 3.8) is 0 Å². The van der Waals surface area contributed by atoms with E-state index in [2.05, 4.69) is 55.1 Å². The molecule has 0 aliphatic heterocycles. The van der Waals surface area contributed by atoms with Crippen LogP contribution in [0.15, 0.2) is 24.3 Å². The molecule has 1 rings (SSSR count). The Balaban J connectivity index is 2.53. The number of rotatable bonds is 11. The van der Waals surface area contributed by atoms with Gasteiger partial charge in [0.05, 0.1) is 18.9 Å². The topological polar surface area (TPSA) is 55.4 Å². The lowest BCUT2D eigenvalue weighted by atomic mass is 9.94. The molecule has 1 amide bonds. The summed E-state index contributed by atoms with van der Waals surface area (Å²) in [7, 11) is 1.37. The van der Waals surface area contributed by atoms with Gasteiger partial charge in [-0.25, -0.2) is 0 Å². The second-order valence-electron chi connectivity index (χ2n) is 6.51. The highest BCUT2D eigenvalue weighted by Crippen LogP contribution is 2.23. The van der Waals surface area contributed by atoms with E-state index in [-0.39, 0.29) is 23.7 Å². The predicted molar refractivity (Wildman–Crippen MR) is 105 cm³/mol. The van der Waals surface area contributed by atoms with Gasteiger partial charge in [0, 0.05) is 12.2 Å². The molecule has 0 bridgehead atoms. The number of ether oxygens (including phenoxy) is 1. The Bertz CT molecular complexity index is 528. The number of carbonyl (C=O) groups is 2. The molecule has 0 aliphatic rings.